The summed E-state index contributed by atoms with van der Waals surface area (Å²) in [5, 5.41) is 17.7. The third kappa shape index (κ3) is 41.6. The SMILES string of the molecule is N=C=O.N=C=O.N=C=O.[SiH3]c1ccccc1. The van der Waals surface area contributed by atoms with Gasteiger partial charge in [-0.1, -0.05) is 35.5 Å². The van der Waals surface area contributed by atoms with Crippen LogP contribution in [-0.4, -0.2) is 28.5 Å². The van der Waals surface area contributed by atoms with Crippen molar-refractivity contribution in [3.05, 3.63) is 30.3 Å². The molecule has 7 heteroatoms. The molecule has 0 unspecified atom stereocenters. The molecule has 0 saturated heterocycles. The van der Waals surface area contributed by atoms with Gasteiger partial charge in [0.1, 0.15) is 0 Å². The molecule has 0 spiro atoms. The summed E-state index contributed by atoms with van der Waals surface area (Å²) in [5.74, 6) is 0. The van der Waals surface area contributed by atoms with E-state index in [1.165, 1.54) is 15.4 Å². The average Bonchev–Trinajstić information content (AvgIpc) is 2.22. The van der Waals surface area contributed by atoms with Gasteiger partial charge in [0, 0.05) is 10.2 Å². The Hall–Kier alpha value is -2.42. The molecule has 0 aliphatic heterocycles. The fourth-order valence-electron chi connectivity index (χ4n) is 0.534. The molecular weight excluding hydrogens is 226 g/mol. The molecule has 0 fully saturated rings. The van der Waals surface area contributed by atoms with E-state index in [2.05, 4.69) is 24.3 Å². The Morgan fingerprint density at radius 1 is 0.812 bits per heavy atom. The van der Waals surface area contributed by atoms with Crippen molar-refractivity contribution in [1.82, 2.24) is 0 Å². The zero-order valence-corrected chi connectivity index (χ0v) is 10.6. The number of isocyanates is 3. The third-order valence-corrected chi connectivity index (χ3v) is 1.61. The Morgan fingerprint density at radius 2 is 1.06 bits per heavy atom. The van der Waals surface area contributed by atoms with Crippen molar-refractivity contribution in [3.8, 4) is 0 Å². The Morgan fingerprint density at radius 3 is 1.19 bits per heavy atom. The van der Waals surface area contributed by atoms with E-state index in [0.717, 1.165) is 18.2 Å². The van der Waals surface area contributed by atoms with Crippen LogP contribution in [0.3, 0.4) is 0 Å². The zero-order chi connectivity index (χ0) is 13.2. The maximum Gasteiger partial charge on any atom is 0.231 e. The molecule has 0 aromatic heterocycles. The van der Waals surface area contributed by atoms with Crippen molar-refractivity contribution in [2.24, 2.45) is 0 Å². The Labute approximate surface area is 95.3 Å². The predicted molar refractivity (Wildman–Crippen MR) is 61.3 cm³/mol. The minimum atomic E-state index is 0.750. The lowest BCUT2D eigenvalue weighted by Crippen LogP contribution is -1.97. The van der Waals surface area contributed by atoms with Crippen molar-refractivity contribution in [2.75, 3.05) is 0 Å². The average molecular weight is 237 g/mol. The highest BCUT2D eigenvalue weighted by molar-refractivity contribution is 6.32. The van der Waals surface area contributed by atoms with Gasteiger partial charge in [-0.2, -0.15) is 0 Å². The maximum atomic E-state index is 8.35. The van der Waals surface area contributed by atoms with Crippen molar-refractivity contribution in [3.63, 3.8) is 0 Å². The molecular formula is C9H11N3O3Si. The molecule has 1 aromatic rings. The van der Waals surface area contributed by atoms with Crippen LogP contribution in [0.1, 0.15) is 0 Å². The minimum Gasteiger partial charge on any atom is -0.222 e. The molecule has 0 bridgehead atoms. The third-order valence-electron chi connectivity index (χ3n) is 0.940. The van der Waals surface area contributed by atoms with Gasteiger partial charge >= 0.3 is 0 Å². The highest BCUT2D eigenvalue weighted by Crippen LogP contribution is 1.76. The van der Waals surface area contributed by atoms with E-state index in [-0.39, 0.29) is 0 Å². The van der Waals surface area contributed by atoms with Crippen LogP contribution in [0.5, 0.6) is 0 Å². The van der Waals surface area contributed by atoms with E-state index in [1.54, 1.807) is 0 Å². The number of hydrogen-bond donors (Lipinski definition) is 3. The molecule has 0 aliphatic rings. The summed E-state index contributed by atoms with van der Waals surface area (Å²) in [4.78, 5) is 25.0. The Kier molecular flexibility index (Phi) is 27.5. The minimum absolute atomic E-state index is 0.750. The topological polar surface area (TPSA) is 123 Å². The summed E-state index contributed by atoms with van der Waals surface area (Å²) in [5.41, 5.74) is 0. The summed E-state index contributed by atoms with van der Waals surface area (Å²) in [6, 6.07) is 10.5. The van der Waals surface area contributed by atoms with Crippen LogP contribution >= 0.6 is 0 Å². The van der Waals surface area contributed by atoms with Gasteiger partial charge in [0.05, 0.1) is 0 Å². The molecule has 1 aromatic carbocycles. The normalized spacial score (nSPS) is 5.50. The number of nitrogens with one attached hydrogen (secondary N) is 3. The smallest absolute Gasteiger partial charge is 0.222 e. The zero-order valence-electron chi connectivity index (χ0n) is 8.61. The fraction of sp³-hybridized carbons (Fsp3) is 0. The molecule has 84 valence electrons. The number of benzene rings is 1. The highest BCUT2D eigenvalue weighted by Gasteiger charge is 1.72. The van der Waals surface area contributed by atoms with E-state index in [1.807, 2.05) is 6.07 Å². The van der Waals surface area contributed by atoms with Crippen LogP contribution in [0.2, 0.25) is 0 Å². The van der Waals surface area contributed by atoms with E-state index in [0.29, 0.717) is 0 Å². The number of rotatable bonds is 0. The van der Waals surface area contributed by atoms with E-state index in [4.69, 9.17) is 30.6 Å². The number of hydrogen-bond acceptors (Lipinski definition) is 6. The molecule has 0 amide bonds. The van der Waals surface area contributed by atoms with Crippen LogP contribution in [0.25, 0.3) is 0 Å². The predicted octanol–water partition coefficient (Wildman–Crippen LogP) is -0.620. The second kappa shape index (κ2) is 22.9. The summed E-state index contributed by atoms with van der Waals surface area (Å²) in [7, 11) is 1.17. The largest absolute Gasteiger partial charge is 0.231 e. The molecule has 0 atom stereocenters. The molecule has 0 radical (unpaired) electrons. The van der Waals surface area contributed by atoms with Crippen LogP contribution in [0.4, 0.5) is 0 Å². The second-order valence-corrected chi connectivity index (χ2v) is 3.12. The molecule has 16 heavy (non-hydrogen) atoms. The van der Waals surface area contributed by atoms with Gasteiger partial charge in [0.2, 0.25) is 18.2 Å². The van der Waals surface area contributed by atoms with E-state index < -0.39 is 0 Å². The van der Waals surface area contributed by atoms with Gasteiger partial charge in [-0.3, -0.25) is 0 Å². The quantitative estimate of drug-likeness (QED) is 0.316. The molecule has 0 saturated carbocycles. The van der Waals surface area contributed by atoms with Gasteiger partial charge < -0.3 is 0 Å². The Balaban J connectivity index is -0.000000161. The lowest BCUT2D eigenvalue weighted by atomic mass is 10.4. The van der Waals surface area contributed by atoms with Crippen LogP contribution in [0, 0.1) is 16.2 Å². The fourth-order valence-corrected chi connectivity index (χ4v) is 0.919. The monoisotopic (exact) mass is 237 g/mol. The lowest BCUT2D eigenvalue weighted by molar-refractivity contribution is 0.562. The number of carbonyl (C=O) groups excluding carboxylic acids is 3. The summed E-state index contributed by atoms with van der Waals surface area (Å²) in [6.45, 7) is 0. The molecule has 0 aliphatic carbocycles. The molecule has 3 N–H and O–H groups in total. The summed E-state index contributed by atoms with van der Waals surface area (Å²) < 4.78 is 0. The highest BCUT2D eigenvalue weighted by atomic mass is 28.1. The van der Waals surface area contributed by atoms with Gasteiger partial charge in [0.15, 0.2) is 0 Å². The van der Waals surface area contributed by atoms with Crippen molar-refractivity contribution in [2.45, 2.75) is 0 Å². The van der Waals surface area contributed by atoms with E-state index >= 15 is 0 Å². The first-order valence-corrected chi connectivity index (χ1v) is 4.77. The van der Waals surface area contributed by atoms with Gasteiger partial charge in [0.25, 0.3) is 0 Å². The molecule has 1 rings (SSSR count). The van der Waals surface area contributed by atoms with Crippen molar-refractivity contribution in [1.29, 1.82) is 16.2 Å². The first-order chi connectivity index (χ1) is 7.64. The maximum absolute atomic E-state index is 8.35. The van der Waals surface area contributed by atoms with Gasteiger partial charge in [-0.15, -0.1) is 0 Å². The Bertz CT molecular complexity index is 321. The van der Waals surface area contributed by atoms with Crippen molar-refractivity contribution >= 4 is 33.7 Å². The first-order valence-electron chi connectivity index (χ1n) is 3.77. The molecule has 6 nitrogen and oxygen atoms in total. The second-order valence-electron chi connectivity index (χ2n) is 1.96. The molecule has 0 heterocycles. The summed E-state index contributed by atoms with van der Waals surface area (Å²) in [6.07, 6.45) is 2.25. The summed E-state index contributed by atoms with van der Waals surface area (Å²) >= 11 is 0. The lowest BCUT2D eigenvalue weighted by Gasteiger charge is -1.82. The van der Waals surface area contributed by atoms with Crippen LogP contribution in [0.15, 0.2) is 30.3 Å². The van der Waals surface area contributed by atoms with Gasteiger partial charge in [-0.05, 0) is 0 Å². The van der Waals surface area contributed by atoms with Crippen LogP contribution < -0.4 is 5.19 Å². The van der Waals surface area contributed by atoms with E-state index in [9.17, 15) is 0 Å². The van der Waals surface area contributed by atoms with Crippen LogP contribution in [-0.2, 0) is 14.4 Å². The van der Waals surface area contributed by atoms with Crippen molar-refractivity contribution < 1.29 is 14.4 Å². The first kappa shape index (κ1) is 19.2. The van der Waals surface area contributed by atoms with Gasteiger partial charge in [-0.25, -0.2) is 30.6 Å². The standard InChI is InChI=1S/C6H8Si.3CHNO/c7-6-4-2-1-3-5-6;3*2-1-3/h1-5H,7H3;3*2H.